The van der Waals surface area contributed by atoms with Gasteiger partial charge in [0.1, 0.15) is 0 Å². The Morgan fingerprint density at radius 2 is 1.92 bits per heavy atom. The van der Waals surface area contributed by atoms with Crippen LogP contribution in [0.25, 0.3) is 10.2 Å². The molecule has 0 saturated carbocycles. The Hall–Kier alpha value is -1.96. The van der Waals surface area contributed by atoms with Gasteiger partial charge in [0.2, 0.25) is 0 Å². The zero-order chi connectivity index (χ0) is 18.1. The first kappa shape index (κ1) is 20.4. The van der Waals surface area contributed by atoms with Crippen LogP contribution in [0.1, 0.15) is 21.6 Å². The van der Waals surface area contributed by atoms with Gasteiger partial charge in [-0.05, 0) is 39.6 Å². The molecule has 0 spiro atoms. The summed E-state index contributed by atoms with van der Waals surface area (Å²) in [6.45, 7) is 5.28. The number of aryl methyl sites for hydroxylation is 3. The molecule has 1 amide bonds. The maximum absolute atomic E-state index is 13.2. The number of benzene rings is 1. The second-order valence-corrected chi connectivity index (χ2v) is 7.52. The van der Waals surface area contributed by atoms with Crippen LogP contribution < -0.4 is 4.90 Å². The van der Waals surface area contributed by atoms with Crippen molar-refractivity contribution >= 4 is 45.0 Å². The number of hydrogen-bond donors (Lipinski definition) is 0. The van der Waals surface area contributed by atoms with E-state index < -0.39 is 0 Å². The van der Waals surface area contributed by atoms with Crippen LogP contribution in [0.4, 0.5) is 5.13 Å². The Kier molecular flexibility index (Phi) is 6.39. The lowest BCUT2D eigenvalue weighted by atomic mass is 10.2. The van der Waals surface area contributed by atoms with E-state index in [4.69, 9.17) is 4.98 Å². The minimum Gasteiger partial charge on any atom is -0.308 e. The molecule has 0 unspecified atom stereocenters. The Morgan fingerprint density at radius 3 is 2.50 bits per heavy atom. The van der Waals surface area contributed by atoms with E-state index in [1.165, 1.54) is 0 Å². The maximum atomic E-state index is 13.2. The van der Waals surface area contributed by atoms with Gasteiger partial charge in [-0.25, -0.2) is 4.98 Å². The van der Waals surface area contributed by atoms with Gasteiger partial charge in [0.25, 0.3) is 5.91 Å². The summed E-state index contributed by atoms with van der Waals surface area (Å²) < 4.78 is 2.77. The van der Waals surface area contributed by atoms with Crippen molar-refractivity contribution in [1.82, 2.24) is 19.7 Å². The molecule has 2 heterocycles. The number of anilines is 1. The predicted molar refractivity (Wildman–Crippen MR) is 110 cm³/mol. The van der Waals surface area contributed by atoms with Gasteiger partial charge in [0, 0.05) is 31.9 Å². The lowest BCUT2D eigenvalue weighted by Crippen LogP contribution is -2.37. The van der Waals surface area contributed by atoms with Gasteiger partial charge in [-0.1, -0.05) is 23.5 Å². The molecular weight excluding hydrogens is 370 g/mol. The van der Waals surface area contributed by atoms with E-state index in [0.717, 1.165) is 33.0 Å². The zero-order valence-electron chi connectivity index (χ0n) is 15.7. The molecular formula is C18H24ClN5OS. The fourth-order valence-corrected chi connectivity index (χ4v) is 3.79. The molecule has 26 heavy (non-hydrogen) atoms. The fraction of sp³-hybridized carbons (Fsp3) is 0.389. The first-order valence-corrected chi connectivity index (χ1v) is 9.01. The zero-order valence-corrected chi connectivity index (χ0v) is 17.3. The van der Waals surface area contributed by atoms with Crippen molar-refractivity contribution in [2.24, 2.45) is 7.05 Å². The van der Waals surface area contributed by atoms with Crippen molar-refractivity contribution in [3.8, 4) is 0 Å². The van der Waals surface area contributed by atoms with Crippen molar-refractivity contribution in [1.29, 1.82) is 0 Å². The van der Waals surface area contributed by atoms with Gasteiger partial charge in [0.05, 0.1) is 10.2 Å². The van der Waals surface area contributed by atoms with Crippen LogP contribution in [0, 0.1) is 13.8 Å². The third kappa shape index (κ3) is 4.06. The van der Waals surface area contributed by atoms with E-state index in [9.17, 15) is 4.79 Å². The average Bonchev–Trinajstić information content (AvgIpc) is 3.11. The van der Waals surface area contributed by atoms with Crippen molar-refractivity contribution < 1.29 is 4.79 Å². The van der Waals surface area contributed by atoms with E-state index in [2.05, 4.69) is 10.00 Å². The number of aromatic nitrogens is 3. The fourth-order valence-electron chi connectivity index (χ4n) is 2.72. The number of nitrogens with zero attached hydrogens (tertiary/aromatic N) is 5. The molecule has 3 rings (SSSR count). The number of halogens is 1. The number of hydrogen-bond acceptors (Lipinski definition) is 5. The lowest BCUT2D eigenvalue weighted by Gasteiger charge is -2.21. The predicted octanol–water partition coefficient (Wildman–Crippen LogP) is 3.28. The highest BCUT2D eigenvalue weighted by Crippen LogP contribution is 2.31. The lowest BCUT2D eigenvalue weighted by molar-refractivity contribution is 0.0979. The van der Waals surface area contributed by atoms with E-state index >= 15 is 0 Å². The summed E-state index contributed by atoms with van der Waals surface area (Å²) in [5, 5.41) is 5.07. The first-order valence-electron chi connectivity index (χ1n) is 8.20. The molecule has 0 fully saturated rings. The third-order valence-electron chi connectivity index (χ3n) is 4.07. The standard InChI is InChI=1S/C18H23N5OS.ClH/c1-12-7-6-8-14-15(12)19-18(25-14)23(10-9-21(3)4)17(24)16-13(2)11-22(5)20-16;/h6-8,11H,9-10H2,1-5H3;1H. The summed E-state index contributed by atoms with van der Waals surface area (Å²) in [7, 11) is 5.82. The largest absolute Gasteiger partial charge is 0.308 e. The highest BCUT2D eigenvalue weighted by Gasteiger charge is 2.25. The molecule has 3 aromatic rings. The summed E-state index contributed by atoms with van der Waals surface area (Å²) >= 11 is 1.55. The summed E-state index contributed by atoms with van der Waals surface area (Å²) in [5.41, 5.74) is 3.44. The van der Waals surface area contributed by atoms with Gasteiger partial charge in [0.15, 0.2) is 10.8 Å². The number of para-hydroxylation sites is 1. The third-order valence-corrected chi connectivity index (χ3v) is 5.11. The molecule has 0 aliphatic carbocycles. The number of thiazole rings is 1. The number of fused-ring (bicyclic) bond motifs is 1. The monoisotopic (exact) mass is 393 g/mol. The van der Waals surface area contributed by atoms with E-state index in [0.29, 0.717) is 12.2 Å². The van der Waals surface area contributed by atoms with E-state index in [1.807, 2.05) is 59.4 Å². The van der Waals surface area contributed by atoms with Crippen LogP contribution in [0.5, 0.6) is 0 Å². The molecule has 0 aliphatic rings. The molecule has 0 atom stereocenters. The summed E-state index contributed by atoms with van der Waals surface area (Å²) in [6.07, 6.45) is 1.86. The minimum absolute atomic E-state index is 0. The molecule has 0 saturated heterocycles. The van der Waals surface area contributed by atoms with Crippen molar-refractivity contribution in [3.05, 3.63) is 41.2 Å². The quantitative estimate of drug-likeness (QED) is 0.667. The molecule has 0 N–H and O–H groups in total. The molecule has 8 heteroatoms. The molecule has 2 aromatic heterocycles. The number of carbonyl (C=O) groups excluding carboxylic acids is 1. The summed E-state index contributed by atoms with van der Waals surface area (Å²) in [6, 6.07) is 6.11. The summed E-state index contributed by atoms with van der Waals surface area (Å²) in [5.74, 6) is -0.100. The van der Waals surface area contributed by atoms with Crippen LogP contribution in [0.3, 0.4) is 0 Å². The van der Waals surface area contributed by atoms with Crippen LogP contribution >= 0.6 is 23.7 Å². The molecule has 0 aliphatic heterocycles. The smallest absolute Gasteiger partial charge is 0.280 e. The van der Waals surface area contributed by atoms with Gasteiger partial charge in [-0.15, -0.1) is 12.4 Å². The Bertz CT molecular complexity index is 918. The summed E-state index contributed by atoms with van der Waals surface area (Å²) in [4.78, 5) is 21.7. The highest BCUT2D eigenvalue weighted by atomic mass is 35.5. The Balaban J connectivity index is 0.00000243. The highest BCUT2D eigenvalue weighted by molar-refractivity contribution is 7.22. The van der Waals surface area contributed by atoms with E-state index in [1.54, 1.807) is 20.9 Å². The van der Waals surface area contributed by atoms with Gasteiger partial charge < -0.3 is 4.90 Å². The second kappa shape index (κ2) is 8.16. The first-order chi connectivity index (χ1) is 11.9. The van der Waals surface area contributed by atoms with Crippen LogP contribution in [0.2, 0.25) is 0 Å². The Morgan fingerprint density at radius 1 is 1.19 bits per heavy atom. The molecule has 6 nitrogen and oxygen atoms in total. The Labute approximate surface area is 163 Å². The van der Waals surface area contributed by atoms with E-state index in [-0.39, 0.29) is 18.3 Å². The normalized spacial score (nSPS) is 11.0. The molecule has 1 aromatic carbocycles. The van der Waals surface area contributed by atoms with Gasteiger partial charge in [-0.2, -0.15) is 5.10 Å². The number of carbonyl (C=O) groups is 1. The van der Waals surface area contributed by atoms with Crippen LogP contribution in [-0.2, 0) is 7.05 Å². The van der Waals surface area contributed by atoms with Crippen molar-refractivity contribution in [3.63, 3.8) is 0 Å². The average molecular weight is 394 g/mol. The SMILES string of the molecule is Cc1cn(C)nc1C(=O)N(CCN(C)C)c1nc2c(C)cccc2s1.Cl. The number of rotatable bonds is 5. The molecule has 0 bridgehead atoms. The van der Waals surface area contributed by atoms with Crippen molar-refractivity contribution in [2.45, 2.75) is 13.8 Å². The maximum Gasteiger partial charge on any atom is 0.280 e. The molecule has 0 radical (unpaired) electrons. The number of likely N-dealkylation sites (N-methyl/N-ethyl adjacent to an activating group) is 1. The molecule has 140 valence electrons. The topological polar surface area (TPSA) is 54.3 Å². The van der Waals surface area contributed by atoms with Gasteiger partial charge >= 0.3 is 0 Å². The number of amides is 1. The van der Waals surface area contributed by atoms with Crippen LogP contribution in [-0.4, -0.2) is 52.8 Å². The van der Waals surface area contributed by atoms with Crippen LogP contribution in [0.15, 0.2) is 24.4 Å². The second-order valence-electron chi connectivity index (χ2n) is 6.51. The minimum atomic E-state index is -0.100. The van der Waals surface area contributed by atoms with Gasteiger partial charge in [-0.3, -0.25) is 14.4 Å². The van der Waals surface area contributed by atoms with Crippen molar-refractivity contribution in [2.75, 3.05) is 32.1 Å².